The Morgan fingerprint density at radius 1 is 1.03 bits per heavy atom. The van der Waals surface area contributed by atoms with E-state index in [9.17, 15) is 4.79 Å². The minimum Gasteiger partial charge on any atom is -0.489 e. The topological polar surface area (TPSA) is 50.4 Å². The molecule has 0 saturated carbocycles. The summed E-state index contributed by atoms with van der Waals surface area (Å²) < 4.78 is 6.01. The lowest BCUT2D eigenvalue weighted by molar-refractivity contribution is 0.0956. The van der Waals surface area contributed by atoms with E-state index in [1.807, 2.05) is 55.5 Å². The normalized spacial score (nSPS) is 15.2. The van der Waals surface area contributed by atoms with Gasteiger partial charge in [-0.15, -0.1) is 0 Å². The zero-order valence-corrected chi connectivity index (χ0v) is 17.4. The van der Waals surface area contributed by atoms with Crippen molar-refractivity contribution in [2.75, 3.05) is 11.9 Å². The second-order valence-electron chi connectivity index (χ2n) is 7.63. The van der Waals surface area contributed by atoms with Crippen LogP contribution in [0.5, 0.6) is 5.75 Å². The van der Waals surface area contributed by atoms with Gasteiger partial charge in [0.25, 0.3) is 5.91 Å². The number of nitrogens with one attached hydrogen (secondary N) is 2. The van der Waals surface area contributed by atoms with Gasteiger partial charge in [0.1, 0.15) is 12.4 Å². The van der Waals surface area contributed by atoms with E-state index < -0.39 is 0 Å². The van der Waals surface area contributed by atoms with Crippen LogP contribution in [-0.4, -0.2) is 12.5 Å². The van der Waals surface area contributed by atoms with Crippen LogP contribution >= 0.6 is 0 Å². The minimum absolute atomic E-state index is 0.0706. The molecular weight excluding hydrogens is 372 g/mol. The Balaban J connectivity index is 1.59. The molecule has 4 rings (SSSR count). The zero-order chi connectivity index (χ0) is 20.8. The number of amides is 1. The fourth-order valence-corrected chi connectivity index (χ4v) is 4.02. The van der Waals surface area contributed by atoms with E-state index in [1.165, 1.54) is 11.1 Å². The smallest absolute Gasteiger partial charge is 0.253 e. The average Bonchev–Trinajstić information content (AvgIpc) is 2.79. The first kappa shape index (κ1) is 20.0. The van der Waals surface area contributed by atoms with Crippen LogP contribution in [0.1, 0.15) is 52.9 Å². The van der Waals surface area contributed by atoms with Gasteiger partial charge in [0, 0.05) is 12.6 Å². The van der Waals surface area contributed by atoms with Crippen LogP contribution in [0.2, 0.25) is 0 Å². The average molecular weight is 401 g/mol. The van der Waals surface area contributed by atoms with E-state index in [-0.39, 0.29) is 11.9 Å². The molecule has 1 aliphatic rings. The molecule has 4 heteroatoms. The monoisotopic (exact) mass is 400 g/mol. The van der Waals surface area contributed by atoms with Crippen LogP contribution in [0.15, 0.2) is 72.8 Å². The fraction of sp³-hybridized carbons (Fsp3) is 0.269. The summed E-state index contributed by atoms with van der Waals surface area (Å²) in [5, 5.41) is 6.56. The number of ether oxygens (including phenoxy) is 1. The summed E-state index contributed by atoms with van der Waals surface area (Å²) in [6.45, 7) is 3.02. The van der Waals surface area contributed by atoms with Crippen molar-refractivity contribution in [3.63, 3.8) is 0 Å². The van der Waals surface area contributed by atoms with E-state index in [1.54, 1.807) is 0 Å². The lowest BCUT2D eigenvalue weighted by Gasteiger charge is -2.28. The molecule has 0 aliphatic heterocycles. The van der Waals surface area contributed by atoms with Gasteiger partial charge in [-0.25, -0.2) is 0 Å². The molecule has 1 atom stereocenters. The van der Waals surface area contributed by atoms with Crippen LogP contribution in [0.25, 0.3) is 0 Å². The number of fused-ring (bicyclic) bond motifs is 1. The molecule has 154 valence electrons. The van der Waals surface area contributed by atoms with Gasteiger partial charge in [-0.1, -0.05) is 54.6 Å². The quantitative estimate of drug-likeness (QED) is 0.550. The van der Waals surface area contributed by atoms with Gasteiger partial charge < -0.3 is 15.4 Å². The van der Waals surface area contributed by atoms with Gasteiger partial charge in [0.2, 0.25) is 0 Å². The maximum absolute atomic E-state index is 12.7. The van der Waals surface area contributed by atoms with Crippen molar-refractivity contribution in [2.24, 2.45) is 0 Å². The van der Waals surface area contributed by atoms with Crippen molar-refractivity contribution < 1.29 is 9.53 Å². The van der Waals surface area contributed by atoms with Gasteiger partial charge in [-0.2, -0.15) is 0 Å². The first-order valence-electron chi connectivity index (χ1n) is 10.7. The Kier molecular flexibility index (Phi) is 6.33. The SMILES string of the molecule is CCNC(=O)c1ccc(OCc2ccccc2)cc1NC1CCCc2ccccc21. The number of carbonyl (C=O) groups excluding carboxylic acids is 1. The molecule has 0 spiro atoms. The standard InChI is InChI=1S/C26H28N2O2/c1-2-27-26(29)23-16-15-21(30-18-19-9-4-3-5-10-19)17-25(23)28-24-14-8-12-20-11-6-7-13-22(20)24/h3-7,9-11,13,15-17,24,28H,2,8,12,14,18H2,1H3,(H,27,29). The highest BCUT2D eigenvalue weighted by molar-refractivity contribution is 6.00. The molecule has 0 heterocycles. The van der Waals surface area contributed by atoms with Crippen LogP contribution in [-0.2, 0) is 13.0 Å². The Bertz CT molecular complexity index is 1000. The van der Waals surface area contributed by atoms with Crippen molar-refractivity contribution in [1.82, 2.24) is 5.32 Å². The van der Waals surface area contributed by atoms with Gasteiger partial charge >= 0.3 is 0 Å². The van der Waals surface area contributed by atoms with Gasteiger partial charge in [-0.05, 0) is 55.0 Å². The van der Waals surface area contributed by atoms with Crippen molar-refractivity contribution in [2.45, 2.75) is 38.8 Å². The Morgan fingerprint density at radius 2 is 1.83 bits per heavy atom. The Hall–Kier alpha value is -3.27. The molecule has 3 aromatic rings. The summed E-state index contributed by atoms with van der Waals surface area (Å²) >= 11 is 0. The predicted molar refractivity (Wildman–Crippen MR) is 121 cm³/mol. The molecule has 0 saturated heterocycles. The first-order valence-corrected chi connectivity index (χ1v) is 10.7. The van der Waals surface area contributed by atoms with Crippen LogP contribution in [0.3, 0.4) is 0 Å². The molecule has 0 aromatic heterocycles. The summed E-state index contributed by atoms with van der Waals surface area (Å²) in [5.41, 5.74) is 5.28. The van der Waals surface area contributed by atoms with Crippen LogP contribution in [0.4, 0.5) is 5.69 Å². The van der Waals surface area contributed by atoms with Crippen molar-refractivity contribution in [3.05, 3.63) is 95.1 Å². The van der Waals surface area contributed by atoms with Crippen molar-refractivity contribution in [1.29, 1.82) is 0 Å². The van der Waals surface area contributed by atoms with E-state index in [4.69, 9.17) is 4.74 Å². The lowest BCUT2D eigenvalue weighted by Crippen LogP contribution is -2.25. The Labute approximate surface area is 178 Å². The van der Waals surface area contributed by atoms with E-state index in [0.29, 0.717) is 18.7 Å². The van der Waals surface area contributed by atoms with Crippen molar-refractivity contribution in [3.8, 4) is 5.75 Å². The maximum Gasteiger partial charge on any atom is 0.253 e. The summed E-state index contributed by atoms with van der Waals surface area (Å²) in [5.74, 6) is 0.678. The molecule has 2 N–H and O–H groups in total. The van der Waals surface area contributed by atoms with E-state index in [0.717, 1.165) is 36.3 Å². The molecular formula is C26H28N2O2. The molecule has 0 bridgehead atoms. The highest BCUT2D eigenvalue weighted by Gasteiger charge is 2.22. The fourth-order valence-electron chi connectivity index (χ4n) is 4.02. The molecule has 0 radical (unpaired) electrons. The highest BCUT2D eigenvalue weighted by atomic mass is 16.5. The Morgan fingerprint density at radius 3 is 2.67 bits per heavy atom. The number of benzene rings is 3. The zero-order valence-electron chi connectivity index (χ0n) is 17.4. The minimum atomic E-state index is -0.0706. The molecule has 4 nitrogen and oxygen atoms in total. The molecule has 1 amide bonds. The van der Waals surface area contributed by atoms with Gasteiger partial charge in [0.15, 0.2) is 0 Å². The van der Waals surface area contributed by atoms with Crippen LogP contribution in [0, 0.1) is 0 Å². The van der Waals surface area contributed by atoms with Gasteiger partial charge in [0.05, 0.1) is 17.3 Å². The second-order valence-corrected chi connectivity index (χ2v) is 7.63. The predicted octanol–water partition coefficient (Wildman–Crippen LogP) is 5.50. The lowest BCUT2D eigenvalue weighted by atomic mass is 9.87. The number of hydrogen-bond donors (Lipinski definition) is 2. The highest BCUT2D eigenvalue weighted by Crippen LogP contribution is 2.34. The third-order valence-corrected chi connectivity index (χ3v) is 5.52. The van der Waals surface area contributed by atoms with E-state index in [2.05, 4.69) is 34.9 Å². The van der Waals surface area contributed by atoms with Gasteiger partial charge in [-0.3, -0.25) is 4.79 Å². The van der Waals surface area contributed by atoms with Crippen molar-refractivity contribution >= 4 is 11.6 Å². The summed E-state index contributed by atoms with van der Waals surface area (Å²) in [7, 11) is 0. The molecule has 30 heavy (non-hydrogen) atoms. The number of anilines is 1. The molecule has 1 aliphatic carbocycles. The van der Waals surface area contributed by atoms with E-state index >= 15 is 0 Å². The summed E-state index contributed by atoms with van der Waals surface area (Å²) in [6.07, 6.45) is 3.29. The second kappa shape index (κ2) is 9.49. The number of rotatable bonds is 7. The molecule has 3 aromatic carbocycles. The maximum atomic E-state index is 12.7. The third kappa shape index (κ3) is 4.65. The number of aryl methyl sites for hydroxylation is 1. The third-order valence-electron chi connectivity index (χ3n) is 5.52. The number of hydrogen-bond acceptors (Lipinski definition) is 3. The first-order chi connectivity index (χ1) is 14.7. The molecule has 1 unspecified atom stereocenters. The van der Waals surface area contributed by atoms with Crippen LogP contribution < -0.4 is 15.4 Å². The summed E-state index contributed by atoms with van der Waals surface area (Å²) in [6, 6.07) is 24.5. The number of carbonyl (C=O) groups is 1. The largest absolute Gasteiger partial charge is 0.489 e. The molecule has 0 fully saturated rings. The summed E-state index contributed by atoms with van der Waals surface area (Å²) in [4.78, 5) is 12.7.